The maximum atomic E-state index is 12.2. The van der Waals surface area contributed by atoms with E-state index in [0.29, 0.717) is 0 Å². The lowest BCUT2D eigenvalue weighted by Crippen LogP contribution is -2.28. The topological polar surface area (TPSA) is 29.3 Å². The lowest BCUT2D eigenvalue weighted by molar-refractivity contribution is -0.141. The summed E-state index contributed by atoms with van der Waals surface area (Å²) < 4.78 is 5.06. The first-order valence-electron chi connectivity index (χ1n) is 8.60. The molecule has 3 heteroatoms. The zero-order valence-corrected chi connectivity index (χ0v) is 13.8. The van der Waals surface area contributed by atoms with E-state index >= 15 is 0 Å². The zero-order valence-electron chi connectivity index (χ0n) is 13.8. The van der Waals surface area contributed by atoms with Crippen LogP contribution < -0.4 is 0 Å². The number of carbonyl (C=O) groups is 1. The van der Waals surface area contributed by atoms with Crippen LogP contribution in [0.15, 0.2) is 30.3 Å². The molecule has 1 saturated heterocycles. The Morgan fingerprint density at radius 1 is 1.27 bits per heavy atom. The van der Waals surface area contributed by atoms with Gasteiger partial charge in [-0.25, -0.2) is 0 Å². The molecule has 1 aromatic carbocycles. The lowest BCUT2D eigenvalue weighted by atomic mass is 9.78. The van der Waals surface area contributed by atoms with Crippen molar-refractivity contribution in [3.8, 4) is 0 Å². The standard InChI is InChI=1S/C19H27NO2/c1-3-7-15-10-12-19(13-11-15)17(18(21)22-2)20(19)14-16-8-5-4-6-9-16/h4-6,8-9,15,17H,3,7,10-14H2,1-2H3. The molecule has 120 valence electrons. The second kappa shape index (κ2) is 6.41. The molecule has 1 spiro atoms. The van der Waals surface area contributed by atoms with Gasteiger partial charge < -0.3 is 4.74 Å². The number of hydrogen-bond acceptors (Lipinski definition) is 3. The molecule has 0 radical (unpaired) electrons. The van der Waals surface area contributed by atoms with E-state index < -0.39 is 0 Å². The number of methoxy groups -OCH3 is 1. The monoisotopic (exact) mass is 301 g/mol. The van der Waals surface area contributed by atoms with E-state index in [9.17, 15) is 4.79 Å². The highest BCUT2D eigenvalue weighted by molar-refractivity contribution is 5.82. The molecule has 2 unspecified atom stereocenters. The zero-order chi connectivity index (χ0) is 15.6. The highest BCUT2D eigenvalue weighted by Gasteiger charge is 2.66. The Labute approximate surface area is 133 Å². The van der Waals surface area contributed by atoms with Crippen LogP contribution in [0.4, 0.5) is 0 Å². The molecule has 0 bridgehead atoms. The lowest BCUT2D eigenvalue weighted by Gasteiger charge is -2.29. The third kappa shape index (κ3) is 2.79. The molecular formula is C19H27NO2. The maximum Gasteiger partial charge on any atom is 0.325 e. The molecule has 1 aliphatic heterocycles. The Morgan fingerprint density at radius 2 is 1.95 bits per heavy atom. The van der Waals surface area contributed by atoms with Crippen LogP contribution in [0.2, 0.25) is 0 Å². The summed E-state index contributed by atoms with van der Waals surface area (Å²) in [4.78, 5) is 14.6. The van der Waals surface area contributed by atoms with Gasteiger partial charge in [-0.15, -0.1) is 0 Å². The van der Waals surface area contributed by atoms with E-state index in [1.165, 1.54) is 38.4 Å². The van der Waals surface area contributed by atoms with Crippen molar-refractivity contribution in [2.45, 2.75) is 63.6 Å². The first-order chi connectivity index (χ1) is 10.7. The van der Waals surface area contributed by atoms with Gasteiger partial charge >= 0.3 is 5.97 Å². The van der Waals surface area contributed by atoms with Crippen LogP contribution in [-0.2, 0) is 16.1 Å². The summed E-state index contributed by atoms with van der Waals surface area (Å²) >= 11 is 0. The summed E-state index contributed by atoms with van der Waals surface area (Å²) in [7, 11) is 1.51. The predicted octanol–water partition coefficient (Wildman–Crippen LogP) is 3.77. The molecule has 1 aromatic rings. The van der Waals surface area contributed by atoms with Crippen molar-refractivity contribution in [2.24, 2.45) is 5.92 Å². The van der Waals surface area contributed by atoms with Crippen LogP contribution in [-0.4, -0.2) is 29.6 Å². The van der Waals surface area contributed by atoms with Gasteiger partial charge in [0.1, 0.15) is 6.04 Å². The third-order valence-corrected chi connectivity index (χ3v) is 5.61. The van der Waals surface area contributed by atoms with Gasteiger partial charge in [-0.05, 0) is 37.2 Å². The minimum atomic E-state index is -0.0510. The van der Waals surface area contributed by atoms with Gasteiger partial charge in [0.15, 0.2) is 0 Å². The van der Waals surface area contributed by atoms with Crippen molar-refractivity contribution in [3.05, 3.63) is 35.9 Å². The third-order valence-electron chi connectivity index (χ3n) is 5.61. The van der Waals surface area contributed by atoms with Crippen molar-refractivity contribution in [2.75, 3.05) is 7.11 Å². The molecule has 3 rings (SSSR count). The Kier molecular flexibility index (Phi) is 4.53. The average Bonchev–Trinajstić information content (AvgIpc) is 3.16. The Bertz CT molecular complexity index is 505. The number of benzene rings is 1. The molecule has 1 heterocycles. The summed E-state index contributed by atoms with van der Waals surface area (Å²) in [6.45, 7) is 3.12. The number of rotatable bonds is 5. The average molecular weight is 301 g/mol. The van der Waals surface area contributed by atoms with Crippen LogP contribution in [0, 0.1) is 5.92 Å². The highest BCUT2D eigenvalue weighted by atomic mass is 16.5. The van der Waals surface area contributed by atoms with E-state index in [4.69, 9.17) is 4.74 Å². The highest BCUT2D eigenvalue weighted by Crippen LogP contribution is 2.54. The van der Waals surface area contributed by atoms with Crippen LogP contribution in [0.1, 0.15) is 51.0 Å². The first kappa shape index (κ1) is 15.5. The van der Waals surface area contributed by atoms with E-state index in [-0.39, 0.29) is 17.6 Å². The second-order valence-corrected chi connectivity index (χ2v) is 6.87. The number of nitrogens with zero attached hydrogens (tertiary/aromatic N) is 1. The van der Waals surface area contributed by atoms with Crippen LogP contribution in [0.5, 0.6) is 0 Å². The molecule has 0 N–H and O–H groups in total. The normalized spacial score (nSPS) is 33.6. The molecule has 2 fully saturated rings. The van der Waals surface area contributed by atoms with Crippen molar-refractivity contribution in [1.82, 2.24) is 4.90 Å². The quantitative estimate of drug-likeness (QED) is 0.612. The van der Waals surface area contributed by atoms with Crippen molar-refractivity contribution >= 4 is 5.97 Å². The molecule has 1 saturated carbocycles. The van der Waals surface area contributed by atoms with Crippen LogP contribution in [0.3, 0.4) is 0 Å². The molecule has 22 heavy (non-hydrogen) atoms. The SMILES string of the molecule is CCCC1CCC2(CC1)C(C(=O)OC)N2Cc1ccccc1. The van der Waals surface area contributed by atoms with Crippen LogP contribution >= 0.6 is 0 Å². The number of esters is 1. The molecule has 2 atom stereocenters. The fourth-order valence-corrected chi connectivity index (χ4v) is 4.36. The summed E-state index contributed by atoms with van der Waals surface area (Å²) in [5.41, 5.74) is 1.36. The maximum absolute atomic E-state index is 12.2. The van der Waals surface area contributed by atoms with E-state index in [0.717, 1.165) is 25.3 Å². The molecule has 0 amide bonds. The van der Waals surface area contributed by atoms with Gasteiger partial charge in [-0.1, -0.05) is 50.1 Å². The summed E-state index contributed by atoms with van der Waals surface area (Å²) in [5, 5.41) is 0. The number of hydrogen-bond donors (Lipinski definition) is 0. The van der Waals surface area contributed by atoms with E-state index in [2.05, 4.69) is 36.1 Å². The Morgan fingerprint density at radius 3 is 2.55 bits per heavy atom. The minimum Gasteiger partial charge on any atom is -0.468 e. The fraction of sp³-hybridized carbons (Fsp3) is 0.632. The molecule has 1 aliphatic carbocycles. The van der Waals surface area contributed by atoms with Gasteiger partial charge in [0.05, 0.1) is 7.11 Å². The van der Waals surface area contributed by atoms with Gasteiger partial charge in [-0.2, -0.15) is 0 Å². The molecular weight excluding hydrogens is 274 g/mol. The summed E-state index contributed by atoms with van der Waals surface area (Å²) in [6.07, 6.45) is 7.40. The number of carbonyl (C=O) groups excluding carboxylic acids is 1. The Balaban J connectivity index is 1.70. The Hall–Kier alpha value is -1.35. The fourth-order valence-electron chi connectivity index (χ4n) is 4.36. The van der Waals surface area contributed by atoms with Crippen LogP contribution in [0.25, 0.3) is 0 Å². The van der Waals surface area contributed by atoms with Gasteiger partial charge in [0.2, 0.25) is 0 Å². The van der Waals surface area contributed by atoms with Crippen molar-refractivity contribution in [3.63, 3.8) is 0 Å². The molecule has 3 nitrogen and oxygen atoms in total. The van der Waals surface area contributed by atoms with Gasteiger partial charge in [0.25, 0.3) is 0 Å². The van der Waals surface area contributed by atoms with Crippen molar-refractivity contribution < 1.29 is 9.53 Å². The van der Waals surface area contributed by atoms with Gasteiger partial charge in [0, 0.05) is 12.1 Å². The van der Waals surface area contributed by atoms with Gasteiger partial charge in [-0.3, -0.25) is 9.69 Å². The minimum absolute atomic E-state index is 0.0275. The molecule has 2 aliphatic rings. The summed E-state index contributed by atoms with van der Waals surface area (Å²) in [6, 6.07) is 10.4. The second-order valence-electron chi connectivity index (χ2n) is 6.87. The predicted molar refractivity (Wildman–Crippen MR) is 87.4 cm³/mol. The van der Waals surface area contributed by atoms with Crippen molar-refractivity contribution in [1.29, 1.82) is 0 Å². The smallest absolute Gasteiger partial charge is 0.325 e. The number of ether oxygens (including phenoxy) is 1. The molecule has 0 aromatic heterocycles. The summed E-state index contributed by atoms with van der Waals surface area (Å²) in [5.74, 6) is 0.804. The van der Waals surface area contributed by atoms with E-state index in [1.807, 2.05) is 6.07 Å². The first-order valence-corrected chi connectivity index (χ1v) is 8.60. The largest absolute Gasteiger partial charge is 0.468 e. The van der Waals surface area contributed by atoms with E-state index in [1.54, 1.807) is 0 Å².